The van der Waals surface area contributed by atoms with E-state index < -0.39 is 0 Å². The van der Waals surface area contributed by atoms with Crippen LogP contribution in [0.25, 0.3) is 11.3 Å². The van der Waals surface area contributed by atoms with E-state index in [-0.39, 0.29) is 29.4 Å². The van der Waals surface area contributed by atoms with E-state index in [9.17, 15) is 4.79 Å². The average Bonchev–Trinajstić information content (AvgIpc) is 3.31. The Balaban J connectivity index is 0.00000301. The summed E-state index contributed by atoms with van der Waals surface area (Å²) in [5, 5.41) is 7.94. The molecule has 3 aromatic rings. The quantitative estimate of drug-likeness (QED) is 0.117. The number of nitrogen functional groups attached to an aromatic ring is 1. The van der Waals surface area contributed by atoms with E-state index in [2.05, 4.69) is 78.3 Å². The summed E-state index contributed by atoms with van der Waals surface area (Å²) in [5.41, 5.74) is 18.3. The summed E-state index contributed by atoms with van der Waals surface area (Å²) in [6.45, 7) is 19.1. The second-order valence-corrected chi connectivity index (χ2v) is 11.2. The number of aryl methyl sites for hydroxylation is 1. The Morgan fingerprint density at radius 3 is 2.02 bits per heavy atom. The van der Waals surface area contributed by atoms with Crippen molar-refractivity contribution in [2.75, 3.05) is 7.05 Å². The number of para-hydroxylation sites is 1. The van der Waals surface area contributed by atoms with Crippen molar-refractivity contribution in [2.45, 2.75) is 85.6 Å². The highest BCUT2D eigenvalue weighted by atomic mass is 16.1. The number of nitrogens with two attached hydrogens (primary N) is 2. The summed E-state index contributed by atoms with van der Waals surface area (Å²) in [7, 11) is 1.50. The van der Waals surface area contributed by atoms with Gasteiger partial charge in [-0.15, -0.1) is 0 Å². The average molecular weight is 570 g/mol. The van der Waals surface area contributed by atoms with Crippen molar-refractivity contribution in [3.63, 3.8) is 0 Å². The molecule has 1 unspecified atom stereocenters. The number of nitrogens with one attached hydrogen (secondary N) is 1. The van der Waals surface area contributed by atoms with E-state index in [0.717, 1.165) is 47.4 Å². The highest BCUT2D eigenvalue weighted by Crippen LogP contribution is 2.31. The van der Waals surface area contributed by atoms with Crippen molar-refractivity contribution in [2.24, 2.45) is 11.5 Å². The molecule has 2 aromatic carbocycles. The summed E-state index contributed by atoms with van der Waals surface area (Å²) in [4.78, 5) is 14.3. The standard InChI is InChI=1S/C35H46N4O.CH5N/c1-9-11-15-28-22-38(33-29(23(3)4)18-14-19-30(33)24(5)6)35(40)39(28)26(8)27(10-2)21-20-25(7)31-16-12-13-17-32(31)34(36)37;1-2/h10,12-14,16-24,26H,2,9,11,15H2,1,3-8H3,(H3,36,37);2H2,1H3/b25-20+,27-21+;. The second-order valence-electron chi connectivity index (χ2n) is 11.2. The number of aromatic nitrogens is 2. The maximum Gasteiger partial charge on any atom is 0.333 e. The molecule has 0 radical (unpaired) electrons. The monoisotopic (exact) mass is 569 g/mol. The highest BCUT2D eigenvalue weighted by Gasteiger charge is 2.23. The Kier molecular flexibility index (Phi) is 13.0. The summed E-state index contributed by atoms with van der Waals surface area (Å²) >= 11 is 0. The smallest absolute Gasteiger partial charge is 0.333 e. The van der Waals surface area contributed by atoms with Crippen LogP contribution >= 0.6 is 0 Å². The van der Waals surface area contributed by atoms with Crippen LogP contribution in [0.4, 0.5) is 0 Å². The zero-order valence-electron chi connectivity index (χ0n) is 26.9. The van der Waals surface area contributed by atoms with E-state index in [1.54, 1.807) is 0 Å². The van der Waals surface area contributed by atoms with Crippen molar-refractivity contribution in [1.82, 2.24) is 9.13 Å². The van der Waals surface area contributed by atoms with Crippen molar-refractivity contribution < 1.29 is 0 Å². The Morgan fingerprint density at radius 2 is 1.52 bits per heavy atom. The van der Waals surface area contributed by atoms with E-state index in [0.29, 0.717) is 5.56 Å². The first-order valence-corrected chi connectivity index (χ1v) is 15.0. The van der Waals surface area contributed by atoms with Crippen LogP contribution < -0.4 is 17.2 Å². The van der Waals surface area contributed by atoms with Gasteiger partial charge in [0.1, 0.15) is 5.84 Å². The SMILES string of the molecule is C=C/C(=C\C=C(/C)c1ccccc1C(=N)N)C(C)n1c(CCCC)cn(-c2c(C(C)C)cccc2C(C)C)c1=O.CN. The van der Waals surface area contributed by atoms with Gasteiger partial charge in [0.15, 0.2) is 0 Å². The van der Waals surface area contributed by atoms with Crippen molar-refractivity contribution in [1.29, 1.82) is 5.41 Å². The van der Waals surface area contributed by atoms with Crippen molar-refractivity contribution >= 4 is 11.4 Å². The topological polar surface area (TPSA) is 103 Å². The van der Waals surface area contributed by atoms with Gasteiger partial charge in [-0.25, -0.2) is 4.79 Å². The van der Waals surface area contributed by atoms with E-state index in [4.69, 9.17) is 11.1 Å². The molecule has 0 aliphatic heterocycles. The van der Waals surface area contributed by atoms with Crippen LogP contribution in [0.2, 0.25) is 0 Å². The number of hydrogen-bond acceptors (Lipinski definition) is 3. The zero-order chi connectivity index (χ0) is 31.6. The summed E-state index contributed by atoms with van der Waals surface area (Å²) < 4.78 is 3.83. The lowest BCUT2D eigenvalue weighted by Crippen LogP contribution is -2.28. The molecule has 6 heteroatoms. The number of nitrogens with zero attached hydrogens (tertiary/aromatic N) is 2. The fourth-order valence-electron chi connectivity index (χ4n) is 5.31. The Morgan fingerprint density at radius 1 is 0.952 bits per heavy atom. The molecule has 0 fully saturated rings. The number of unbranched alkanes of at least 4 members (excludes halogenated alkanes) is 1. The van der Waals surface area contributed by atoms with Crippen molar-refractivity contribution in [3.05, 3.63) is 117 Å². The predicted octanol–water partition coefficient (Wildman–Crippen LogP) is 7.86. The maximum absolute atomic E-state index is 14.3. The molecule has 1 heterocycles. The number of hydrogen-bond donors (Lipinski definition) is 3. The van der Waals surface area contributed by atoms with E-state index >= 15 is 0 Å². The predicted molar refractivity (Wildman–Crippen MR) is 181 cm³/mol. The summed E-state index contributed by atoms with van der Waals surface area (Å²) in [6.07, 6.45) is 10.8. The minimum absolute atomic E-state index is 0.0241. The Bertz CT molecular complexity index is 1460. The first kappa shape index (κ1) is 34.3. The normalized spacial score (nSPS) is 12.7. The number of imidazole rings is 1. The molecule has 0 spiro atoms. The Hall–Kier alpha value is -3.90. The third-order valence-electron chi connectivity index (χ3n) is 7.64. The molecule has 0 saturated carbocycles. The molecule has 3 rings (SSSR count). The highest BCUT2D eigenvalue weighted by molar-refractivity contribution is 5.99. The lowest BCUT2D eigenvalue weighted by molar-refractivity contribution is 0.573. The Labute approximate surface area is 253 Å². The van der Waals surface area contributed by atoms with Crippen molar-refractivity contribution in [3.8, 4) is 5.69 Å². The van der Waals surface area contributed by atoms with E-state index in [1.165, 1.54) is 18.2 Å². The number of benzene rings is 2. The van der Waals surface area contributed by atoms with E-state index in [1.807, 2.05) is 58.6 Å². The van der Waals surface area contributed by atoms with Crippen LogP contribution in [0.1, 0.15) is 107 Å². The van der Waals surface area contributed by atoms with Gasteiger partial charge in [0.25, 0.3) is 0 Å². The number of amidine groups is 1. The first-order valence-electron chi connectivity index (χ1n) is 15.0. The zero-order valence-corrected chi connectivity index (χ0v) is 26.9. The van der Waals surface area contributed by atoms with Crippen LogP contribution in [-0.2, 0) is 6.42 Å². The van der Waals surface area contributed by atoms with Gasteiger partial charge < -0.3 is 11.5 Å². The molecule has 0 aliphatic rings. The van der Waals surface area contributed by atoms with Crippen LogP contribution in [0.5, 0.6) is 0 Å². The molecular formula is C36H51N5O. The third-order valence-corrected chi connectivity index (χ3v) is 7.64. The molecule has 0 bridgehead atoms. The summed E-state index contributed by atoms with van der Waals surface area (Å²) in [5.74, 6) is 0.616. The lowest BCUT2D eigenvalue weighted by atomic mass is 9.92. The molecule has 1 atom stereocenters. The van der Waals surface area contributed by atoms with Crippen LogP contribution in [0.3, 0.4) is 0 Å². The lowest BCUT2D eigenvalue weighted by Gasteiger charge is -2.20. The molecule has 0 aliphatic carbocycles. The number of allylic oxidation sites excluding steroid dienone is 5. The van der Waals surface area contributed by atoms with Gasteiger partial charge in [-0.05, 0) is 73.4 Å². The van der Waals surface area contributed by atoms with Gasteiger partial charge in [-0.1, -0.05) is 108 Å². The molecule has 6 nitrogen and oxygen atoms in total. The van der Waals surface area contributed by atoms with Gasteiger partial charge in [-0.2, -0.15) is 0 Å². The fourth-order valence-corrected chi connectivity index (χ4v) is 5.31. The minimum atomic E-state index is -0.209. The molecular weight excluding hydrogens is 518 g/mol. The minimum Gasteiger partial charge on any atom is -0.384 e. The molecule has 0 saturated heterocycles. The second kappa shape index (κ2) is 15.9. The van der Waals surface area contributed by atoms with Crippen LogP contribution in [-0.4, -0.2) is 22.0 Å². The van der Waals surface area contributed by atoms with Crippen LogP contribution in [0.15, 0.2) is 83.8 Å². The largest absolute Gasteiger partial charge is 0.384 e. The molecule has 42 heavy (non-hydrogen) atoms. The van der Waals surface area contributed by atoms with Gasteiger partial charge in [-0.3, -0.25) is 14.5 Å². The first-order chi connectivity index (χ1) is 20.0. The number of rotatable bonds is 12. The van der Waals surface area contributed by atoms with Gasteiger partial charge >= 0.3 is 5.69 Å². The molecule has 0 amide bonds. The van der Waals surface area contributed by atoms with Gasteiger partial charge in [0.05, 0.1) is 11.7 Å². The summed E-state index contributed by atoms with van der Waals surface area (Å²) in [6, 6.07) is 13.9. The molecule has 1 aromatic heterocycles. The van der Waals surface area contributed by atoms with Gasteiger partial charge in [0.2, 0.25) is 0 Å². The van der Waals surface area contributed by atoms with Gasteiger partial charge in [0, 0.05) is 17.5 Å². The van der Waals surface area contributed by atoms with Crippen LogP contribution in [0, 0.1) is 5.41 Å². The molecule has 5 N–H and O–H groups in total. The third kappa shape index (κ3) is 7.68. The maximum atomic E-state index is 14.3. The fraction of sp³-hybridized carbons (Fsp3) is 0.389. The molecule has 226 valence electrons.